The van der Waals surface area contributed by atoms with Gasteiger partial charge in [-0.2, -0.15) is 0 Å². The molecule has 1 aliphatic heterocycles. The molecule has 3 N–H and O–H groups in total. The highest BCUT2D eigenvalue weighted by Gasteiger charge is 2.32. The molecule has 8 heteroatoms. The van der Waals surface area contributed by atoms with E-state index >= 15 is 0 Å². The fourth-order valence-corrected chi connectivity index (χ4v) is 3.67. The minimum atomic E-state index is -1.13. The van der Waals surface area contributed by atoms with Gasteiger partial charge in [0.05, 0.1) is 6.42 Å². The number of aliphatic hydroxyl groups excluding tert-OH is 1. The SMILES string of the molecule is O=C(CCC(=O)ON1C(=O)CCC1O)Nc1ccc(/C=C/c2ccc(O)c3ccccc23)cc1. The summed E-state index contributed by atoms with van der Waals surface area (Å²) >= 11 is 0. The first-order valence-corrected chi connectivity index (χ1v) is 10.9. The number of nitrogens with one attached hydrogen (secondary N) is 1. The lowest BCUT2D eigenvalue weighted by atomic mass is 10.0. The summed E-state index contributed by atoms with van der Waals surface area (Å²) in [7, 11) is 0. The van der Waals surface area contributed by atoms with E-state index in [0.717, 1.165) is 21.9 Å². The first kappa shape index (κ1) is 23.0. The maximum absolute atomic E-state index is 12.1. The molecule has 2 amide bonds. The zero-order valence-electron chi connectivity index (χ0n) is 18.3. The van der Waals surface area contributed by atoms with E-state index in [4.69, 9.17) is 4.84 Å². The van der Waals surface area contributed by atoms with Crippen LogP contribution in [0.1, 0.15) is 36.8 Å². The molecular formula is C26H24N2O6. The molecule has 0 bridgehead atoms. The average molecular weight is 460 g/mol. The monoisotopic (exact) mass is 460 g/mol. The van der Waals surface area contributed by atoms with Crippen LogP contribution in [0.2, 0.25) is 0 Å². The van der Waals surface area contributed by atoms with Crippen molar-refractivity contribution >= 4 is 46.4 Å². The van der Waals surface area contributed by atoms with Crippen molar-refractivity contribution in [2.24, 2.45) is 0 Å². The first-order chi connectivity index (χ1) is 16.4. The van der Waals surface area contributed by atoms with Crippen LogP contribution in [0, 0.1) is 0 Å². The highest BCUT2D eigenvalue weighted by molar-refractivity contribution is 5.96. The number of phenols is 1. The zero-order valence-corrected chi connectivity index (χ0v) is 18.3. The minimum Gasteiger partial charge on any atom is -0.507 e. The second-order valence-corrected chi connectivity index (χ2v) is 7.93. The molecule has 0 radical (unpaired) electrons. The van der Waals surface area contributed by atoms with E-state index in [9.17, 15) is 24.6 Å². The second-order valence-electron chi connectivity index (χ2n) is 7.93. The Morgan fingerprint density at radius 2 is 1.74 bits per heavy atom. The van der Waals surface area contributed by atoms with Crippen molar-refractivity contribution in [2.75, 3.05) is 5.32 Å². The van der Waals surface area contributed by atoms with Gasteiger partial charge in [-0.25, -0.2) is 4.79 Å². The zero-order chi connectivity index (χ0) is 24.1. The van der Waals surface area contributed by atoms with Crippen molar-refractivity contribution in [2.45, 2.75) is 31.9 Å². The number of aliphatic hydroxyl groups is 1. The van der Waals surface area contributed by atoms with Gasteiger partial charge in [0.1, 0.15) is 5.75 Å². The minimum absolute atomic E-state index is 0.117. The van der Waals surface area contributed by atoms with Gasteiger partial charge in [-0.05, 0) is 34.7 Å². The van der Waals surface area contributed by atoms with Crippen molar-refractivity contribution in [3.05, 3.63) is 71.8 Å². The van der Waals surface area contributed by atoms with Crippen molar-refractivity contribution in [1.29, 1.82) is 0 Å². The molecule has 1 saturated heterocycles. The summed E-state index contributed by atoms with van der Waals surface area (Å²) in [5, 5.41) is 24.7. The quantitative estimate of drug-likeness (QED) is 0.462. The van der Waals surface area contributed by atoms with E-state index < -0.39 is 18.1 Å². The maximum Gasteiger partial charge on any atom is 0.333 e. The summed E-state index contributed by atoms with van der Waals surface area (Å²) in [6.07, 6.45) is 2.76. The Kier molecular flexibility index (Phi) is 6.89. The Morgan fingerprint density at radius 1 is 1.00 bits per heavy atom. The van der Waals surface area contributed by atoms with Crippen LogP contribution >= 0.6 is 0 Å². The van der Waals surface area contributed by atoms with Gasteiger partial charge in [0.25, 0.3) is 5.91 Å². The molecular weight excluding hydrogens is 436 g/mol. The molecule has 0 spiro atoms. The lowest BCUT2D eigenvalue weighted by molar-refractivity contribution is -0.220. The van der Waals surface area contributed by atoms with E-state index in [1.54, 1.807) is 18.2 Å². The molecule has 3 aromatic rings. The third-order valence-electron chi connectivity index (χ3n) is 5.47. The molecule has 1 heterocycles. The Hall–Kier alpha value is -4.17. The van der Waals surface area contributed by atoms with Crippen molar-refractivity contribution in [3.8, 4) is 5.75 Å². The molecule has 1 unspecified atom stereocenters. The van der Waals surface area contributed by atoms with Crippen molar-refractivity contribution in [3.63, 3.8) is 0 Å². The summed E-state index contributed by atoms with van der Waals surface area (Å²) in [5.41, 5.74) is 2.48. The number of aromatic hydroxyl groups is 1. The number of carbonyl (C=O) groups excluding carboxylic acids is 3. The van der Waals surface area contributed by atoms with Gasteiger partial charge in [-0.15, -0.1) is 5.06 Å². The summed E-state index contributed by atoms with van der Waals surface area (Å²) in [4.78, 5) is 40.4. The number of hydrogen-bond donors (Lipinski definition) is 3. The number of hydroxylamine groups is 2. The third-order valence-corrected chi connectivity index (χ3v) is 5.47. The van der Waals surface area contributed by atoms with E-state index in [-0.39, 0.29) is 37.3 Å². The Bertz CT molecular complexity index is 1250. The van der Waals surface area contributed by atoms with Gasteiger partial charge in [0.15, 0.2) is 6.23 Å². The number of phenolic OH excluding ortho intramolecular Hbond substituents is 1. The lowest BCUT2D eigenvalue weighted by Crippen LogP contribution is -2.35. The van der Waals surface area contributed by atoms with Crippen LogP contribution in [-0.4, -0.2) is 39.3 Å². The van der Waals surface area contributed by atoms with Gasteiger partial charge in [-0.1, -0.05) is 54.6 Å². The highest BCUT2D eigenvalue weighted by atomic mass is 16.7. The van der Waals surface area contributed by atoms with Crippen molar-refractivity contribution < 1.29 is 29.4 Å². The molecule has 0 aromatic heterocycles. The highest BCUT2D eigenvalue weighted by Crippen LogP contribution is 2.28. The largest absolute Gasteiger partial charge is 0.507 e. The number of rotatable bonds is 7. The topological polar surface area (TPSA) is 116 Å². The summed E-state index contributed by atoms with van der Waals surface area (Å²) < 4.78 is 0. The lowest BCUT2D eigenvalue weighted by Gasteiger charge is -2.18. The van der Waals surface area contributed by atoms with Crippen molar-refractivity contribution in [1.82, 2.24) is 5.06 Å². The Balaban J connectivity index is 1.30. The standard InChI is InChI=1S/C26H24N2O6/c29-22-12-9-18(20-3-1-2-4-21(20)22)8-5-17-6-10-19(11-7-17)27-23(30)13-16-26(33)34-28-24(31)14-15-25(28)32/h1-12,24,29,31H,13-16H2,(H,27,30)/b8-5+. The number of anilines is 1. The van der Waals surface area contributed by atoms with Gasteiger partial charge in [0.2, 0.25) is 5.91 Å². The summed E-state index contributed by atoms with van der Waals surface area (Å²) in [6.45, 7) is 0. The number of amides is 2. The molecule has 4 rings (SSSR count). The molecule has 1 aliphatic rings. The third kappa shape index (κ3) is 5.41. The molecule has 8 nitrogen and oxygen atoms in total. The van der Waals surface area contributed by atoms with Crippen LogP contribution in [0.4, 0.5) is 5.69 Å². The van der Waals surface area contributed by atoms with Gasteiger partial charge < -0.3 is 20.4 Å². The van der Waals surface area contributed by atoms with Gasteiger partial charge in [-0.3, -0.25) is 9.59 Å². The number of fused-ring (bicyclic) bond motifs is 1. The Labute approximate surface area is 196 Å². The second kappa shape index (κ2) is 10.2. The van der Waals surface area contributed by atoms with E-state index in [1.165, 1.54) is 0 Å². The molecule has 34 heavy (non-hydrogen) atoms. The van der Waals surface area contributed by atoms with Crippen LogP contribution in [0.5, 0.6) is 5.75 Å². The fourth-order valence-electron chi connectivity index (χ4n) is 3.67. The van der Waals surface area contributed by atoms with Crippen LogP contribution in [-0.2, 0) is 19.2 Å². The predicted molar refractivity (Wildman–Crippen MR) is 127 cm³/mol. The number of nitrogens with zero attached hydrogens (tertiary/aromatic N) is 1. The van der Waals surface area contributed by atoms with E-state index in [0.29, 0.717) is 10.8 Å². The molecule has 1 atom stereocenters. The number of carbonyl (C=O) groups is 3. The average Bonchev–Trinajstić information content (AvgIpc) is 3.15. The maximum atomic E-state index is 12.1. The van der Waals surface area contributed by atoms with Gasteiger partial charge in [0, 0.05) is 30.3 Å². The first-order valence-electron chi connectivity index (χ1n) is 10.9. The smallest absolute Gasteiger partial charge is 0.333 e. The normalized spacial score (nSPS) is 15.7. The summed E-state index contributed by atoms with van der Waals surface area (Å²) in [6, 6.07) is 18.4. The molecule has 1 fully saturated rings. The van der Waals surface area contributed by atoms with Crippen LogP contribution in [0.3, 0.4) is 0 Å². The molecule has 3 aromatic carbocycles. The number of benzene rings is 3. The fraction of sp³-hybridized carbons (Fsp3) is 0.192. The van der Waals surface area contributed by atoms with Crippen LogP contribution < -0.4 is 5.32 Å². The Morgan fingerprint density at radius 3 is 2.44 bits per heavy atom. The van der Waals surface area contributed by atoms with E-state index in [2.05, 4.69) is 5.32 Å². The van der Waals surface area contributed by atoms with E-state index in [1.807, 2.05) is 54.6 Å². The summed E-state index contributed by atoms with van der Waals surface area (Å²) in [5.74, 6) is -1.35. The molecule has 0 saturated carbocycles. The van der Waals surface area contributed by atoms with Crippen LogP contribution in [0.15, 0.2) is 60.7 Å². The van der Waals surface area contributed by atoms with Crippen LogP contribution in [0.25, 0.3) is 22.9 Å². The molecule has 0 aliphatic carbocycles. The predicted octanol–water partition coefficient (Wildman–Crippen LogP) is 3.83. The number of hydrogen-bond acceptors (Lipinski definition) is 6. The van der Waals surface area contributed by atoms with Gasteiger partial charge >= 0.3 is 5.97 Å². The molecule has 174 valence electrons.